The molecule has 0 aliphatic carbocycles. The zero-order valence-electron chi connectivity index (χ0n) is 20.3. The van der Waals surface area contributed by atoms with Crippen molar-refractivity contribution in [1.82, 2.24) is 15.2 Å². The number of nitrogens with one attached hydrogen (secondary N) is 2. The smallest absolute Gasteiger partial charge is 0.261 e. The van der Waals surface area contributed by atoms with Crippen LogP contribution in [-0.2, 0) is 10.0 Å². The van der Waals surface area contributed by atoms with Gasteiger partial charge in [0.15, 0.2) is 5.13 Å². The minimum absolute atomic E-state index is 0. The number of carbonyl (C=O) groups excluding carboxylic acids is 1. The van der Waals surface area contributed by atoms with Crippen LogP contribution < -0.4 is 14.9 Å². The van der Waals surface area contributed by atoms with Crippen molar-refractivity contribution in [1.29, 1.82) is 0 Å². The molecule has 1 saturated heterocycles. The molecular formula is C26H27ClFN5O3S2. The molecule has 0 radical (unpaired) electrons. The first kappa shape index (κ1) is 27.8. The quantitative estimate of drug-likeness (QED) is 0.327. The summed E-state index contributed by atoms with van der Waals surface area (Å²) in [6.07, 6.45) is 0. The highest BCUT2D eigenvalue weighted by molar-refractivity contribution is 7.92. The number of carbonyl (C=O) groups is 1. The van der Waals surface area contributed by atoms with Crippen molar-refractivity contribution in [3.05, 3.63) is 84.2 Å². The molecule has 2 N–H and O–H groups in total. The number of para-hydroxylation sites is 2. The lowest BCUT2D eigenvalue weighted by molar-refractivity contribution is 0.0948. The van der Waals surface area contributed by atoms with Crippen LogP contribution in [0.5, 0.6) is 0 Å². The number of thiazole rings is 1. The van der Waals surface area contributed by atoms with Crippen LogP contribution in [-0.4, -0.2) is 63.5 Å². The Kier molecular flexibility index (Phi) is 8.83. The van der Waals surface area contributed by atoms with Crippen LogP contribution in [0.25, 0.3) is 10.2 Å². The van der Waals surface area contributed by atoms with E-state index in [1.807, 2.05) is 6.07 Å². The number of aromatic nitrogens is 1. The highest BCUT2D eigenvalue weighted by atomic mass is 35.5. The lowest BCUT2D eigenvalue weighted by Crippen LogP contribution is -2.48. The second kappa shape index (κ2) is 12.1. The fourth-order valence-electron chi connectivity index (χ4n) is 4.20. The van der Waals surface area contributed by atoms with E-state index in [9.17, 15) is 17.6 Å². The number of piperazine rings is 1. The van der Waals surface area contributed by atoms with Crippen molar-refractivity contribution < 1.29 is 17.6 Å². The molecule has 0 bridgehead atoms. The number of benzene rings is 3. The van der Waals surface area contributed by atoms with Crippen molar-refractivity contribution >= 4 is 60.7 Å². The summed E-state index contributed by atoms with van der Waals surface area (Å²) in [6.45, 7) is 4.19. The first-order valence-electron chi connectivity index (χ1n) is 11.9. The number of sulfonamides is 1. The fourth-order valence-corrected chi connectivity index (χ4v) is 6.33. The molecule has 1 aromatic heterocycles. The number of amides is 1. The van der Waals surface area contributed by atoms with E-state index < -0.39 is 10.0 Å². The lowest BCUT2D eigenvalue weighted by Gasteiger charge is -2.34. The molecule has 1 aliphatic rings. The van der Waals surface area contributed by atoms with Gasteiger partial charge in [-0.05, 0) is 36.4 Å². The molecule has 2 heterocycles. The number of halogens is 2. The van der Waals surface area contributed by atoms with E-state index in [0.29, 0.717) is 18.6 Å². The van der Waals surface area contributed by atoms with Gasteiger partial charge in [0.2, 0.25) is 0 Å². The zero-order chi connectivity index (χ0) is 25.8. The van der Waals surface area contributed by atoms with Gasteiger partial charge in [-0.25, -0.2) is 17.8 Å². The van der Waals surface area contributed by atoms with E-state index in [1.165, 1.54) is 29.5 Å². The van der Waals surface area contributed by atoms with E-state index in [1.54, 1.807) is 48.5 Å². The molecule has 0 atom stereocenters. The summed E-state index contributed by atoms with van der Waals surface area (Å²) >= 11 is 1.49. The predicted molar refractivity (Wildman–Crippen MR) is 152 cm³/mol. The maximum Gasteiger partial charge on any atom is 0.261 e. The summed E-state index contributed by atoms with van der Waals surface area (Å²) in [5, 5.41) is 3.72. The van der Waals surface area contributed by atoms with E-state index >= 15 is 0 Å². The molecule has 8 nitrogen and oxygen atoms in total. The third-order valence-corrected chi connectivity index (χ3v) is 8.65. The monoisotopic (exact) mass is 575 g/mol. The molecule has 1 aliphatic heterocycles. The van der Waals surface area contributed by atoms with Crippen molar-refractivity contribution in [2.75, 3.05) is 48.9 Å². The third-order valence-electron chi connectivity index (χ3n) is 6.18. The van der Waals surface area contributed by atoms with Crippen molar-refractivity contribution in [3.63, 3.8) is 0 Å². The molecular weight excluding hydrogens is 549 g/mol. The summed E-state index contributed by atoms with van der Waals surface area (Å²) in [5.41, 5.74) is 0.901. The van der Waals surface area contributed by atoms with Crippen LogP contribution in [0.15, 0.2) is 77.7 Å². The van der Waals surface area contributed by atoms with Crippen LogP contribution in [0.1, 0.15) is 10.4 Å². The van der Waals surface area contributed by atoms with Gasteiger partial charge < -0.3 is 10.2 Å². The Labute approximate surface area is 230 Å². The largest absolute Gasteiger partial charge is 0.351 e. The standard InChI is InChI=1S/C26H26FN5O3S2.ClH/c27-21-10-6-12-23-24(21)29-26(36-23)32-17-15-31(16-18-32)14-13-28-25(33)20-9-4-5-11-22(20)30-37(34,35)19-7-2-1-3-8-19;/h1-12,30H,13-18H2,(H,28,33);1H. The molecule has 5 rings (SSSR count). The molecule has 0 spiro atoms. The number of hydrogen-bond donors (Lipinski definition) is 2. The summed E-state index contributed by atoms with van der Waals surface area (Å²) in [7, 11) is -3.81. The molecule has 4 aromatic rings. The number of rotatable bonds is 8. The van der Waals surface area contributed by atoms with E-state index in [0.717, 1.165) is 36.0 Å². The second-order valence-corrected chi connectivity index (χ2v) is 11.3. The molecule has 0 saturated carbocycles. The SMILES string of the molecule is Cl.O=C(NCCN1CCN(c2nc3c(F)cccc3s2)CC1)c1ccccc1NS(=O)(=O)c1ccccc1. The number of hydrogen-bond acceptors (Lipinski definition) is 7. The van der Waals surface area contributed by atoms with E-state index in [4.69, 9.17) is 0 Å². The van der Waals surface area contributed by atoms with Crippen molar-refractivity contribution in [3.8, 4) is 0 Å². The Morgan fingerprint density at radius 2 is 1.66 bits per heavy atom. The number of nitrogens with zero attached hydrogens (tertiary/aromatic N) is 3. The molecule has 38 heavy (non-hydrogen) atoms. The lowest BCUT2D eigenvalue weighted by atomic mass is 10.1. The summed E-state index contributed by atoms with van der Waals surface area (Å²) in [5.74, 6) is -0.648. The first-order valence-corrected chi connectivity index (χ1v) is 14.2. The van der Waals surface area contributed by atoms with Crippen LogP contribution in [0.2, 0.25) is 0 Å². The maximum absolute atomic E-state index is 14.0. The molecule has 12 heteroatoms. The third kappa shape index (κ3) is 6.24. The average molecular weight is 576 g/mol. The Morgan fingerprint density at radius 3 is 2.39 bits per heavy atom. The fraction of sp³-hybridized carbons (Fsp3) is 0.231. The summed E-state index contributed by atoms with van der Waals surface area (Å²) in [6, 6.07) is 19.6. The normalized spacial score (nSPS) is 14.2. The highest BCUT2D eigenvalue weighted by Crippen LogP contribution is 2.30. The van der Waals surface area contributed by atoms with E-state index in [2.05, 4.69) is 24.8 Å². The van der Waals surface area contributed by atoms with Gasteiger partial charge in [0.1, 0.15) is 11.3 Å². The molecule has 1 fully saturated rings. The van der Waals surface area contributed by atoms with Gasteiger partial charge in [0.25, 0.3) is 15.9 Å². The van der Waals surface area contributed by atoms with Gasteiger partial charge >= 0.3 is 0 Å². The van der Waals surface area contributed by atoms with Gasteiger partial charge in [0.05, 0.1) is 20.8 Å². The molecule has 0 unspecified atom stereocenters. The van der Waals surface area contributed by atoms with Crippen LogP contribution in [0.3, 0.4) is 0 Å². The van der Waals surface area contributed by atoms with Gasteiger partial charge in [-0.15, -0.1) is 12.4 Å². The molecule has 200 valence electrons. The predicted octanol–water partition coefficient (Wildman–Crippen LogP) is 4.21. The van der Waals surface area contributed by atoms with E-state index in [-0.39, 0.29) is 40.3 Å². The molecule has 1 amide bonds. The van der Waals surface area contributed by atoms with Gasteiger partial charge in [-0.3, -0.25) is 14.4 Å². The summed E-state index contributed by atoms with van der Waals surface area (Å²) in [4.78, 5) is 21.9. The Bertz CT molecular complexity index is 1510. The minimum Gasteiger partial charge on any atom is -0.351 e. The van der Waals surface area contributed by atoms with Gasteiger partial charge in [-0.2, -0.15) is 0 Å². The van der Waals surface area contributed by atoms with Crippen LogP contribution in [0, 0.1) is 5.82 Å². The zero-order valence-corrected chi connectivity index (χ0v) is 22.8. The van der Waals surface area contributed by atoms with Gasteiger partial charge in [0, 0.05) is 39.3 Å². The summed E-state index contributed by atoms with van der Waals surface area (Å²) < 4.78 is 42.8. The Hall–Kier alpha value is -3.25. The van der Waals surface area contributed by atoms with Crippen LogP contribution in [0.4, 0.5) is 15.2 Å². The number of anilines is 2. The second-order valence-electron chi connectivity index (χ2n) is 8.63. The van der Waals surface area contributed by atoms with Gasteiger partial charge in [-0.1, -0.05) is 47.7 Å². The highest BCUT2D eigenvalue weighted by Gasteiger charge is 2.21. The minimum atomic E-state index is -3.81. The van der Waals surface area contributed by atoms with Crippen molar-refractivity contribution in [2.45, 2.75) is 4.90 Å². The van der Waals surface area contributed by atoms with Crippen LogP contribution >= 0.6 is 23.7 Å². The van der Waals surface area contributed by atoms with Crippen molar-refractivity contribution in [2.24, 2.45) is 0 Å². The first-order chi connectivity index (χ1) is 17.9. The Morgan fingerprint density at radius 1 is 0.947 bits per heavy atom. The maximum atomic E-state index is 14.0. The topological polar surface area (TPSA) is 94.6 Å². The Balaban J connectivity index is 0.00000336. The number of fused-ring (bicyclic) bond motifs is 1. The molecule has 3 aromatic carbocycles. The average Bonchev–Trinajstić information content (AvgIpc) is 3.35.